The molecule has 0 radical (unpaired) electrons. The summed E-state index contributed by atoms with van der Waals surface area (Å²) in [4.78, 5) is 27.0. The highest BCUT2D eigenvalue weighted by atomic mass is 16.4. The molecule has 0 saturated carbocycles. The van der Waals surface area contributed by atoms with E-state index in [9.17, 15) is 9.90 Å². The van der Waals surface area contributed by atoms with E-state index in [0.29, 0.717) is 12.4 Å². The van der Waals surface area contributed by atoms with Gasteiger partial charge in [-0.2, -0.15) is 0 Å². The van der Waals surface area contributed by atoms with E-state index in [1.807, 2.05) is 31.5 Å². The molecule has 3 aromatic heterocycles. The first kappa shape index (κ1) is 18.2. The lowest BCUT2D eigenvalue weighted by atomic mass is 9.96. The van der Waals surface area contributed by atoms with E-state index in [1.165, 1.54) is 5.56 Å². The summed E-state index contributed by atoms with van der Waals surface area (Å²) in [5.74, 6) is 0.883. The summed E-state index contributed by atoms with van der Waals surface area (Å²) in [5.41, 5.74) is 2.25. The maximum Gasteiger partial charge on any atom is 0.339 e. The number of hydrogen-bond donors (Lipinski definition) is 1. The molecule has 7 heteroatoms. The molecule has 0 aliphatic carbocycles. The van der Waals surface area contributed by atoms with Crippen LogP contribution in [0.2, 0.25) is 0 Å². The van der Waals surface area contributed by atoms with Gasteiger partial charge in [0.25, 0.3) is 0 Å². The van der Waals surface area contributed by atoms with Crippen LogP contribution in [0.15, 0.2) is 49.1 Å². The number of aromatic nitrogens is 4. The van der Waals surface area contributed by atoms with Crippen molar-refractivity contribution < 1.29 is 9.90 Å². The minimum absolute atomic E-state index is 0.231. The minimum Gasteiger partial charge on any atom is -0.478 e. The monoisotopic (exact) mass is 377 g/mol. The normalized spacial score (nSPS) is 16.9. The Morgan fingerprint density at radius 2 is 2.04 bits per heavy atom. The fraction of sp³-hybridized carbons (Fsp3) is 0.333. The molecule has 1 fully saturated rings. The Hall–Kier alpha value is -3.22. The van der Waals surface area contributed by atoms with Crippen molar-refractivity contribution in [3.05, 3.63) is 71.7 Å². The lowest BCUT2D eigenvalue weighted by Gasteiger charge is -2.34. The van der Waals surface area contributed by atoms with Crippen molar-refractivity contribution in [3.63, 3.8) is 0 Å². The van der Waals surface area contributed by atoms with Gasteiger partial charge in [-0.15, -0.1) is 0 Å². The zero-order valence-corrected chi connectivity index (χ0v) is 15.8. The van der Waals surface area contributed by atoms with Gasteiger partial charge in [0.1, 0.15) is 17.2 Å². The van der Waals surface area contributed by atoms with Gasteiger partial charge in [0.15, 0.2) is 0 Å². The van der Waals surface area contributed by atoms with Crippen LogP contribution in [0.5, 0.6) is 0 Å². The predicted octanol–water partition coefficient (Wildman–Crippen LogP) is 3.11. The zero-order valence-electron chi connectivity index (χ0n) is 15.8. The minimum atomic E-state index is -0.941. The van der Waals surface area contributed by atoms with Crippen molar-refractivity contribution in [2.45, 2.75) is 32.2 Å². The third-order valence-electron chi connectivity index (χ3n) is 5.18. The molecule has 0 bridgehead atoms. The highest BCUT2D eigenvalue weighted by molar-refractivity contribution is 5.93. The maximum absolute atomic E-state index is 11.7. The number of aromatic carboxylic acids is 1. The maximum atomic E-state index is 11.7. The molecule has 28 heavy (non-hydrogen) atoms. The standard InChI is InChI=1S/C21H23N5O2/c1-15-4-5-18(21(27)28)20(24-15)25-11-2-3-17(14-25)19-23-10-12-26(19)13-16-6-8-22-9-7-16/h4-10,12,17H,2-3,11,13-14H2,1H3,(H,27,28)/t17-/m0/s1. The van der Waals surface area contributed by atoms with Gasteiger partial charge in [0.05, 0.1) is 0 Å². The average molecular weight is 377 g/mol. The molecule has 4 rings (SSSR count). The first-order valence-corrected chi connectivity index (χ1v) is 9.47. The highest BCUT2D eigenvalue weighted by Crippen LogP contribution is 2.30. The molecule has 1 aliphatic heterocycles. The van der Waals surface area contributed by atoms with E-state index in [4.69, 9.17) is 0 Å². The first-order chi connectivity index (χ1) is 13.6. The number of anilines is 1. The lowest BCUT2D eigenvalue weighted by Crippen LogP contribution is -2.37. The molecular weight excluding hydrogens is 354 g/mol. The van der Waals surface area contributed by atoms with Gasteiger partial charge in [-0.05, 0) is 49.6 Å². The van der Waals surface area contributed by atoms with E-state index >= 15 is 0 Å². The Labute approximate surface area is 163 Å². The van der Waals surface area contributed by atoms with E-state index in [1.54, 1.807) is 24.5 Å². The summed E-state index contributed by atoms with van der Waals surface area (Å²) >= 11 is 0. The molecule has 1 saturated heterocycles. The van der Waals surface area contributed by atoms with Crippen molar-refractivity contribution >= 4 is 11.8 Å². The second-order valence-corrected chi connectivity index (χ2v) is 7.18. The number of nitrogens with zero attached hydrogens (tertiary/aromatic N) is 5. The summed E-state index contributed by atoms with van der Waals surface area (Å²) in [6.07, 6.45) is 9.43. The number of carboxylic acid groups (broad SMARTS) is 1. The topological polar surface area (TPSA) is 84.1 Å². The second-order valence-electron chi connectivity index (χ2n) is 7.18. The number of hydrogen-bond acceptors (Lipinski definition) is 5. The quantitative estimate of drug-likeness (QED) is 0.735. The van der Waals surface area contributed by atoms with Crippen LogP contribution in [0.4, 0.5) is 5.82 Å². The van der Waals surface area contributed by atoms with Gasteiger partial charge in [-0.3, -0.25) is 4.98 Å². The molecular formula is C21H23N5O2. The van der Waals surface area contributed by atoms with Gasteiger partial charge in [0.2, 0.25) is 0 Å². The summed E-state index contributed by atoms with van der Waals surface area (Å²) in [5, 5.41) is 9.56. The third kappa shape index (κ3) is 3.74. The second kappa shape index (κ2) is 7.80. The van der Waals surface area contributed by atoms with Crippen molar-refractivity contribution in [2.24, 2.45) is 0 Å². The summed E-state index contributed by atoms with van der Waals surface area (Å²) in [7, 11) is 0. The van der Waals surface area contributed by atoms with Crippen molar-refractivity contribution in [2.75, 3.05) is 18.0 Å². The third-order valence-corrected chi connectivity index (χ3v) is 5.18. The molecule has 0 spiro atoms. The Kier molecular flexibility index (Phi) is 5.06. The van der Waals surface area contributed by atoms with Gasteiger partial charge in [0, 0.05) is 56.0 Å². The molecule has 0 amide bonds. The van der Waals surface area contributed by atoms with Crippen LogP contribution in [0.25, 0.3) is 0 Å². The van der Waals surface area contributed by atoms with Crippen molar-refractivity contribution in [1.82, 2.24) is 19.5 Å². The van der Waals surface area contributed by atoms with Gasteiger partial charge in [-0.25, -0.2) is 14.8 Å². The van der Waals surface area contributed by atoms with Gasteiger partial charge in [-0.1, -0.05) is 0 Å². The summed E-state index contributed by atoms with van der Waals surface area (Å²) < 4.78 is 2.17. The van der Waals surface area contributed by atoms with Crippen LogP contribution >= 0.6 is 0 Å². The molecule has 1 atom stereocenters. The number of carboxylic acids is 1. The average Bonchev–Trinajstić information content (AvgIpc) is 3.16. The van der Waals surface area contributed by atoms with E-state index in [-0.39, 0.29) is 11.5 Å². The SMILES string of the molecule is Cc1ccc(C(=O)O)c(N2CCC[C@H](c3nccn3Cc3ccncc3)C2)n1. The molecule has 0 unspecified atom stereocenters. The number of rotatable bonds is 5. The molecule has 1 aliphatic rings. The Balaban J connectivity index is 1.58. The smallest absolute Gasteiger partial charge is 0.339 e. The van der Waals surface area contributed by atoms with Crippen molar-refractivity contribution in [3.8, 4) is 0 Å². The zero-order chi connectivity index (χ0) is 19.5. The van der Waals surface area contributed by atoms with Crippen LogP contribution in [0, 0.1) is 6.92 Å². The molecule has 4 heterocycles. The van der Waals surface area contributed by atoms with E-state index in [2.05, 4.69) is 24.4 Å². The van der Waals surface area contributed by atoms with Crippen molar-refractivity contribution in [1.29, 1.82) is 0 Å². The van der Waals surface area contributed by atoms with Crippen LogP contribution < -0.4 is 4.90 Å². The molecule has 1 N–H and O–H groups in total. The van der Waals surface area contributed by atoms with Crippen LogP contribution in [0.1, 0.15) is 46.2 Å². The molecule has 144 valence electrons. The fourth-order valence-electron chi connectivity index (χ4n) is 3.83. The summed E-state index contributed by atoms with van der Waals surface area (Å²) in [6, 6.07) is 7.41. The molecule has 3 aromatic rings. The lowest BCUT2D eigenvalue weighted by molar-refractivity contribution is 0.0697. The number of imidazole rings is 1. The first-order valence-electron chi connectivity index (χ1n) is 9.47. The number of pyridine rings is 2. The predicted molar refractivity (Wildman–Crippen MR) is 106 cm³/mol. The summed E-state index contributed by atoms with van der Waals surface area (Å²) in [6.45, 7) is 4.15. The van der Waals surface area contributed by atoms with Crippen LogP contribution in [-0.2, 0) is 6.54 Å². The van der Waals surface area contributed by atoms with Gasteiger partial charge < -0.3 is 14.6 Å². The highest BCUT2D eigenvalue weighted by Gasteiger charge is 2.28. The van der Waals surface area contributed by atoms with Crippen LogP contribution in [0.3, 0.4) is 0 Å². The Morgan fingerprint density at radius 1 is 1.21 bits per heavy atom. The van der Waals surface area contributed by atoms with Crippen LogP contribution in [-0.4, -0.2) is 43.7 Å². The molecule has 7 nitrogen and oxygen atoms in total. The number of carbonyl (C=O) groups is 1. The largest absolute Gasteiger partial charge is 0.478 e. The van der Waals surface area contributed by atoms with Gasteiger partial charge >= 0.3 is 5.97 Å². The Bertz CT molecular complexity index is 970. The number of aryl methyl sites for hydroxylation is 1. The van der Waals surface area contributed by atoms with E-state index < -0.39 is 5.97 Å². The fourth-order valence-corrected chi connectivity index (χ4v) is 3.83. The Morgan fingerprint density at radius 3 is 2.82 bits per heavy atom. The number of piperidine rings is 1. The van der Waals surface area contributed by atoms with E-state index in [0.717, 1.165) is 37.4 Å². The molecule has 0 aromatic carbocycles.